The summed E-state index contributed by atoms with van der Waals surface area (Å²) in [6.07, 6.45) is 6.28. The zero-order valence-corrected chi connectivity index (χ0v) is 13.4. The maximum absolute atomic E-state index is 12.1. The smallest absolute Gasteiger partial charge is 0.328 e. The standard InChI is InChI=1S/C18H27NO2/c1-13-8-7-9-14(2)17(13)19-15(3)18(20)21-12-16-10-5-4-6-11-16/h7-9,15-16,19H,4-6,10-12H2,1-3H3. The molecule has 0 aliphatic heterocycles. The van der Waals surface area contributed by atoms with Crippen molar-refractivity contribution >= 4 is 11.7 Å². The molecule has 0 saturated heterocycles. The molecule has 0 amide bonds. The molecule has 3 nitrogen and oxygen atoms in total. The van der Waals surface area contributed by atoms with E-state index in [1.807, 2.05) is 13.0 Å². The van der Waals surface area contributed by atoms with Gasteiger partial charge in [0, 0.05) is 5.69 Å². The van der Waals surface area contributed by atoms with Gasteiger partial charge in [-0.05, 0) is 50.7 Å². The minimum atomic E-state index is -0.312. The number of carbonyl (C=O) groups is 1. The Morgan fingerprint density at radius 3 is 2.48 bits per heavy atom. The van der Waals surface area contributed by atoms with Crippen molar-refractivity contribution in [3.63, 3.8) is 0 Å². The fourth-order valence-corrected chi connectivity index (χ4v) is 3.00. The molecule has 0 aromatic heterocycles. The number of ether oxygens (including phenoxy) is 1. The first-order valence-electron chi connectivity index (χ1n) is 8.07. The van der Waals surface area contributed by atoms with Gasteiger partial charge >= 0.3 is 5.97 Å². The van der Waals surface area contributed by atoms with Crippen LogP contribution in [0.25, 0.3) is 0 Å². The fraction of sp³-hybridized carbons (Fsp3) is 0.611. The number of anilines is 1. The van der Waals surface area contributed by atoms with Crippen molar-refractivity contribution in [2.24, 2.45) is 5.92 Å². The number of benzene rings is 1. The van der Waals surface area contributed by atoms with Gasteiger partial charge in [-0.3, -0.25) is 0 Å². The van der Waals surface area contributed by atoms with Gasteiger partial charge in [-0.2, -0.15) is 0 Å². The van der Waals surface area contributed by atoms with Crippen molar-refractivity contribution in [1.29, 1.82) is 0 Å². The maximum atomic E-state index is 12.1. The number of nitrogens with one attached hydrogen (secondary N) is 1. The van der Waals surface area contributed by atoms with Gasteiger partial charge in [0.05, 0.1) is 6.61 Å². The lowest BCUT2D eigenvalue weighted by atomic mass is 9.90. The third-order valence-electron chi connectivity index (χ3n) is 4.38. The molecular weight excluding hydrogens is 262 g/mol. The van der Waals surface area contributed by atoms with Crippen LogP contribution < -0.4 is 5.32 Å². The highest BCUT2D eigenvalue weighted by atomic mass is 16.5. The van der Waals surface area contributed by atoms with Gasteiger partial charge in [0.1, 0.15) is 6.04 Å². The SMILES string of the molecule is Cc1cccc(C)c1NC(C)C(=O)OCC1CCCCC1. The topological polar surface area (TPSA) is 38.3 Å². The van der Waals surface area contributed by atoms with Crippen LogP contribution in [0.5, 0.6) is 0 Å². The van der Waals surface area contributed by atoms with Crippen molar-refractivity contribution in [3.05, 3.63) is 29.3 Å². The molecule has 1 saturated carbocycles. The summed E-state index contributed by atoms with van der Waals surface area (Å²) in [7, 11) is 0. The molecule has 1 aromatic rings. The number of aryl methyl sites for hydroxylation is 2. The first kappa shape index (κ1) is 15.9. The highest BCUT2D eigenvalue weighted by Gasteiger charge is 2.19. The van der Waals surface area contributed by atoms with Gasteiger partial charge in [0.2, 0.25) is 0 Å². The molecule has 1 atom stereocenters. The van der Waals surface area contributed by atoms with Crippen LogP contribution in [0.3, 0.4) is 0 Å². The Hall–Kier alpha value is -1.51. The Morgan fingerprint density at radius 2 is 1.86 bits per heavy atom. The molecule has 0 radical (unpaired) electrons. The number of carbonyl (C=O) groups excluding carboxylic acids is 1. The number of para-hydroxylation sites is 1. The number of hydrogen-bond donors (Lipinski definition) is 1. The van der Waals surface area contributed by atoms with Crippen LogP contribution in [0.15, 0.2) is 18.2 Å². The summed E-state index contributed by atoms with van der Waals surface area (Å²) in [5.41, 5.74) is 3.35. The Kier molecular flexibility index (Phi) is 5.66. The molecule has 1 aliphatic rings. The Balaban J connectivity index is 1.84. The monoisotopic (exact) mass is 289 g/mol. The van der Waals surface area contributed by atoms with Crippen LogP contribution in [0, 0.1) is 19.8 Å². The van der Waals surface area contributed by atoms with Crippen molar-refractivity contribution in [2.45, 2.75) is 58.9 Å². The van der Waals surface area contributed by atoms with E-state index < -0.39 is 0 Å². The minimum Gasteiger partial charge on any atom is -0.464 e. The van der Waals surface area contributed by atoms with Crippen molar-refractivity contribution < 1.29 is 9.53 Å². The number of hydrogen-bond acceptors (Lipinski definition) is 3. The van der Waals surface area contributed by atoms with Gasteiger partial charge < -0.3 is 10.1 Å². The first-order valence-corrected chi connectivity index (χ1v) is 8.07. The van der Waals surface area contributed by atoms with E-state index in [2.05, 4.69) is 31.3 Å². The molecule has 1 aliphatic carbocycles. The molecule has 1 fully saturated rings. The second-order valence-corrected chi connectivity index (χ2v) is 6.27. The quantitative estimate of drug-likeness (QED) is 0.824. The van der Waals surface area contributed by atoms with Gasteiger partial charge in [-0.25, -0.2) is 4.79 Å². The molecule has 0 heterocycles. The Labute approximate surface area is 128 Å². The summed E-state index contributed by atoms with van der Waals surface area (Å²) in [6.45, 7) is 6.55. The molecule has 21 heavy (non-hydrogen) atoms. The second-order valence-electron chi connectivity index (χ2n) is 6.27. The van der Waals surface area contributed by atoms with E-state index in [9.17, 15) is 4.79 Å². The predicted octanol–water partition coefficient (Wildman–Crippen LogP) is 4.23. The summed E-state index contributed by atoms with van der Waals surface area (Å²) >= 11 is 0. The van der Waals surface area contributed by atoms with Gasteiger partial charge in [0.15, 0.2) is 0 Å². The van der Waals surface area contributed by atoms with E-state index in [1.165, 1.54) is 32.1 Å². The summed E-state index contributed by atoms with van der Waals surface area (Å²) in [5.74, 6) is 0.415. The Bertz CT molecular complexity index is 458. The van der Waals surface area contributed by atoms with E-state index >= 15 is 0 Å². The molecule has 3 heteroatoms. The average molecular weight is 289 g/mol. The molecule has 2 rings (SSSR count). The zero-order valence-electron chi connectivity index (χ0n) is 13.4. The first-order chi connectivity index (χ1) is 10.1. The molecule has 1 N–H and O–H groups in total. The van der Waals surface area contributed by atoms with Crippen LogP contribution in [0.4, 0.5) is 5.69 Å². The van der Waals surface area contributed by atoms with Crippen LogP contribution in [-0.2, 0) is 9.53 Å². The van der Waals surface area contributed by atoms with Gasteiger partial charge in [-0.1, -0.05) is 37.5 Å². The average Bonchev–Trinajstić information content (AvgIpc) is 2.49. The summed E-state index contributed by atoms with van der Waals surface area (Å²) in [4.78, 5) is 12.1. The molecule has 0 bridgehead atoms. The Morgan fingerprint density at radius 1 is 1.24 bits per heavy atom. The summed E-state index contributed by atoms with van der Waals surface area (Å²) < 4.78 is 5.49. The highest BCUT2D eigenvalue weighted by molar-refractivity contribution is 5.79. The van der Waals surface area contributed by atoms with E-state index in [-0.39, 0.29) is 12.0 Å². The van der Waals surface area contributed by atoms with Gasteiger partial charge in [-0.15, -0.1) is 0 Å². The van der Waals surface area contributed by atoms with Crippen LogP contribution in [0.2, 0.25) is 0 Å². The van der Waals surface area contributed by atoms with Gasteiger partial charge in [0.25, 0.3) is 0 Å². The second kappa shape index (κ2) is 7.48. The van der Waals surface area contributed by atoms with E-state index in [1.54, 1.807) is 0 Å². The normalized spacial score (nSPS) is 17.3. The minimum absolute atomic E-state index is 0.150. The van der Waals surface area contributed by atoms with Crippen LogP contribution in [0.1, 0.15) is 50.2 Å². The van der Waals surface area contributed by atoms with Crippen molar-refractivity contribution in [1.82, 2.24) is 0 Å². The molecule has 116 valence electrons. The summed E-state index contributed by atoms with van der Waals surface area (Å²) in [5, 5.41) is 3.29. The summed E-state index contributed by atoms with van der Waals surface area (Å²) in [6, 6.07) is 5.82. The molecule has 1 aromatic carbocycles. The molecule has 0 spiro atoms. The zero-order chi connectivity index (χ0) is 15.2. The lowest BCUT2D eigenvalue weighted by molar-refractivity contribution is -0.145. The van der Waals surface area contributed by atoms with E-state index in [0.29, 0.717) is 12.5 Å². The predicted molar refractivity (Wildman–Crippen MR) is 86.5 cm³/mol. The van der Waals surface area contributed by atoms with Crippen molar-refractivity contribution in [3.8, 4) is 0 Å². The lowest BCUT2D eigenvalue weighted by Gasteiger charge is -2.23. The van der Waals surface area contributed by atoms with Crippen molar-refractivity contribution in [2.75, 3.05) is 11.9 Å². The van der Waals surface area contributed by atoms with E-state index in [0.717, 1.165) is 16.8 Å². The van der Waals surface area contributed by atoms with Crippen LogP contribution >= 0.6 is 0 Å². The van der Waals surface area contributed by atoms with Crippen LogP contribution in [-0.4, -0.2) is 18.6 Å². The third-order valence-corrected chi connectivity index (χ3v) is 4.38. The molecular formula is C18H27NO2. The van der Waals surface area contributed by atoms with E-state index in [4.69, 9.17) is 4.74 Å². The number of rotatable bonds is 5. The third kappa shape index (κ3) is 4.48. The number of esters is 1. The maximum Gasteiger partial charge on any atom is 0.328 e. The molecule has 1 unspecified atom stereocenters. The lowest BCUT2D eigenvalue weighted by Crippen LogP contribution is -2.30. The highest BCUT2D eigenvalue weighted by Crippen LogP contribution is 2.24. The fourth-order valence-electron chi connectivity index (χ4n) is 3.00. The largest absolute Gasteiger partial charge is 0.464 e.